The molecule has 0 aliphatic carbocycles. The largest absolute Gasteiger partial charge is 0.378 e. The molecule has 2 N–H and O–H groups in total. The number of carbonyl (C=O) groups excluding carboxylic acids is 3. The quantitative estimate of drug-likeness (QED) is 0.537. The summed E-state index contributed by atoms with van der Waals surface area (Å²) in [6, 6.07) is -0.511. The lowest BCUT2D eigenvalue weighted by atomic mass is 10.1. The van der Waals surface area contributed by atoms with Gasteiger partial charge in [0.1, 0.15) is 12.1 Å². The zero-order valence-electron chi connectivity index (χ0n) is 13.3. The Kier molecular flexibility index (Phi) is 5.39. The topological polar surface area (TPSA) is 87.7 Å². The maximum Gasteiger partial charge on any atom is 0.325 e. The third kappa shape index (κ3) is 4.19. The molecule has 2 heterocycles. The minimum atomic E-state index is -0.932. The van der Waals surface area contributed by atoms with E-state index in [2.05, 4.69) is 10.6 Å². The van der Waals surface area contributed by atoms with Gasteiger partial charge < -0.3 is 15.4 Å². The second-order valence-corrected chi connectivity index (χ2v) is 6.43. The number of urea groups is 1. The van der Waals surface area contributed by atoms with Gasteiger partial charge in [0, 0.05) is 13.2 Å². The van der Waals surface area contributed by atoms with Gasteiger partial charge in [0.25, 0.3) is 5.91 Å². The molecule has 2 aliphatic rings. The Bertz CT molecular complexity index is 444. The molecule has 2 aliphatic heterocycles. The number of amides is 4. The Morgan fingerprint density at radius 1 is 1.41 bits per heavy atom. The van der Waals surface area contributed by atoms with E-state index in [4.69, 9.17) is 4.74 Å². The van der Waals surface area contributed by atoms with E-state index in [1.165, 1.54) is 0 Å². The second kappa shape index (κ2) is 7.09. The van der Waals surface area contributed by atoms with Gasteiger partial charge in [-0.2, -0.15) is 0 Å². The summed E-state index contributed by atoms with van der Waals surface area (Å²) in [5.74, 6) is -0.677. The third-order valence-electron chi connectivity index (χ3n) is 4.05. The van der Waals surface area contributed by atoms with Gasteiger partial charge in [0.05, 0.1) is 6.10 Å². The Morgan fingerprint density at radius 2 is 2.18 bits per heavy atom. The molecule has 4 amide bonds. The maximum absolute atomic E-state index is 11.9. The highest BCUT2D eigenvalue weighted by atomic mass is 16.5. The van der Waals surface area contributed by atoms with Crippen molar-refractivity contribution in [3.63, 3.8) is 0 Å². The van der Waals surface area contributed by atoms with Crippen LogP contribution >= 0.6 is 0 Å². The summed E-state index contributed by atoms with van der Waals surface area (Å²) in [6.07, 6.45) is 5.55. The van der Waals surface area contributed by atoms with E-state index in [-0.39, 0.29) is 18.4 Å². The van der Waals surface area contributed by atoms with Crippen molar-refractivity contribution >= 4 is 17.8 Å². The number of ether oxygens (including phenoxy) is 1. The molecular weight excluding hydrogens is 286 g/mol. The zero-order chi connectivity index (χ0) is 16.2. The molecule has 22 heavy (non-hydrogen) atoms. The van der Waals surface area contributed by atoms with Crippen LogP contribution in [0.5, 0.6) is 0 Å². The van der Waals surface area contributed by atoms with Crippen molar-refractivity contribution in [2.75, 3.05) is 19.7 Å². The molecule has 2 fully saturated rings. The van der Waals surface area contributed by atoms with Crippen LogP contribution in [-0.4, -0.2) is 54.1 Å². The molecule has 2 saturated heterocycles. The van der Waals surface area contributed by atoms with Gasteiger partial charge in [-0.15, -0.1) is 0 Å². The molecule has 2 rings (SSSR count). The molecule has 0 aromatic heterocycles. The Morgan fingerprint density at radius 3 is 2.77 bits per heavy atom. The van der Waals surface area contributed by atoms with Crippen molar-refractivity contribution in [1.29, 1.82) is 0 Å². The predicted octanol–water partition coefficient (Wildman–Crippen LogP) is 0.782. The van der Waals surface area contributed by atoms with E-state index in [9.17, 15) is 14.4 Å². The van der Waals surface area contributed by atoms with Gasteiger partial charge in [-0.3, -0.25) is 14.5 Å². The van der Waals surface area contributed by atoms with Gasteiger partial charge in [0.15, 0.2) is 0 Å². The highest BCUT2D eigenvalue weighted by molar-refractivity contribution is 6.08. The Hall–Kier alpha value is -1.63. The molecule has 0 saturated carbocycles. The van der Waals surface area contributed by atoms with E-state index in [0.29, 0.717) is 12.6 Å². The van der Waals surface area contributed by atoms with Crippen LogP contribution in [-0.2, 0) is 14.3 Å². The van der Waals surface area contributed by atoms with Crippen LogP contribution < -0.4 is 10.6 Å². The van der Waals surface area contributed by atoms with Crippen molar-refractivity contribution in [3.8, 4) is 0 Å². The lowest BCUT2D eigenvalue weighted by Crippen LogP contribution is -2.43. The van der Waals surface area contributed by atoms with Gasteiger partial charge in [-0.25, -0.2) is 4.79 Å². The molecule has 0 radical (unpaired) electrons. The fraction of sp³-hybridized carbons (Fsp3) is 0.800. The summed E-state index contributed by atoms with van der Waals surface area (Å²) in [5, 5.41) is 5.30. The molecule has 1 unspecified atom stereocenters. The van der Waals surface area contributed by atoms with E-state index in [0.717, 1.165) is 43.6 Å². The Labute approximate surface area is 130 Å². The highest BCUT2D eigenvalue weighted by Crippen LogP contribution is 2.17. The average molecular weight is 311 g/mol. The summed E-state index contributed by atoms with van der Waals surface area (Å²) < 4.78 is 5.54. The monoisotopic (exact) mass is 311 g/mol. The minimum absolute atomic E-state index is 0.222. The summed E-state index contributed by atoms with van der Waals surface area (Å²) in [7, 11) is 0. The van der Waals surface area contributed by atoms with Crippen molar-refractivity contribution in [3.05, 3.63) is 0 Å². The summed E-state index contributed by atoms with van der Waals surface area (Å²) in [4.78, 5) is 36.4. The molecule has 124 valence electrons. The van der Waals surface area contributed by atoms with Crippen LogP contribution in [0.3, 0.4) is 0 Å². The van der Waals surface area contributed by atoms with Gasteiger partial charge in [-0.1, -0.05) is 0 Å². The van der Waals surface area contributed by atoms with Crippen molar-refractivity contribution in [1.82, 2.24) is 15.5 Å². The lowest BCUT2D eigenvalue weighted by molar-refractivity contribution is -0.134. The van der Waals surface area contributed by atoms with Crippen molar-refractivity contribution in [2.45, 2.75) is 57.6 Å². The van der Waals surface area contributed by atoms with Crippen LogP contribution in [0.1, 0.15) is 46.0 Å². The first-order chi connectivity index (χ1) is 10.4. The molecule has 0 spiro atoms. The fourth-order valence-electron chi connectivity index (χ4n) is 2.76. The van der Waals surface area contributed by atoms with Crippen molar-refractivity contribution in [2.24, 2.45) is 0 Å². The normalized spacial score (nSPS) is 23.7. The first-order valence-corrected chi connectivity index (χ1v) is 7.92. The number of imide groups is 1. The molecule has 0 bridgehead atoms. The highest BCUT2D eigenvalue weighted by Gasteiger charge is 2.44. The van der Waals surface area contributed by atoms with E-state index in [1.807, 2.05) is 0 Å². The molecular formula is C15H25N3O4. The number of hydrogen-bond acceptors (Lipinski definition) is 4. The van der Waals surface area contributed by atoms with Gasteiger partial charge in [-0.05, 0) is 46.0 Å². The first kappa shape index (κ1) is 16.7. The standard InChI is InChI=1S/C15H25N3O4/c1-15(2)13(20)18(14(21)17-15)10-12(19)16-8-4-3-6-11-7-5-9-22-11/h11H,3-10H2,1-2H3,(H,16,19)(H,17,21). The smallest absolute Gasteiger partial charge is 0.325 e. The molecule has 0 aromatic rings. The van der Waals surface area contributed by atoms with Crippen LogP contribution in [0.15, 0.2) is 0 Å². The number of rotatable bonds is 7. The van der Waals surface area contributed by atoms with E-state index in [1.54, 1.807) is 13.8 Å². The van der Waals surface area contributed by atoms with Gasteiger partial charge in [0.2, 0.25) is 5.91 Å². The predicted molar refractivity (Wildman–Crippen MR) is 80.2 cm³/mol. The van der Waals surface area contributed by atoms with E-state index < -0.39 is 11.6 Å². The minimum Gasteiger partial charge on any atom is -0.378 e. The van der Waals surface area contributed by atoms with Crippen LogP contribution in [0, 0.1) is 0 Å². The number of nitrogens with one attached hydrogen (secondary N) is 2. The number of nitrogens with zero attached hydrogens (tertiary/aromatic N) is 1. The summed E-state index contributed by atoms with van der Waals surface area (Å²) in [5.41, 5.74) is -0.932. The molecule has 0 aromatic carbocycles. The summed E-state index contributed by atoms with van der Waals surface area (Å²) in [6.45, 7) is 4.44. The third-order valence-corrected chi connectivity index (χ3v) is 4.05. The Balaban J connectivity index is 1.61. The van der Waals surface area contributed by atoms with Gasteiger partial charge >= 0.3 is 6.03 Å². The number of unbranched alkanes of at least 4 members (excludes halogenated alkanes) is 1. The van der Waals surface area contributed by atoms with E-state index >= 15 is 0 Å². The van der Waals surface area contributed by atoms with Crippen LogP contribution in [0.25, 0.3) is 0 Å². The zero-order valence-corrected chi connectivity index (χ0v) is 13.3. The van der Waals surface area contributed by atoms with Crippen molar-refractivity contribution < 1.29 is 19.1 Å². The lowest BCUT2D eigenvalue weighted by Gasteiger charge is -2.15. The molecule has 7 nitrogen and oxygen atoms in total. The average Bonchev–Trinajstić information content (AvgIpc) is 3.01. The van der Waals surface area contributed by atoms with Crippen LogP contribution in [0.4, 0.5) is 4.79 Å². The maximum atomic E-state index is 11.9. The number of hydrogen-bond donors (Lipinski definition) is 2. The summed E-state index contributed by atoms with van der Waals surface area (Å²) >= 11 is 0. The van der Waals surface area contributed by atoms with Crippen LogP contribution in [0.2, 0.25) is 0 Å². The first-order valence-electron chi connectivity index (χ1n) is 7.92. The molecule has 7 heteroatoms. The SMILES string of the molecule is CC1(C)NC(=O)N(CC(=O)NCCCCC2CCCO2)C1=O. The fourth-order valence-corrected chi connectivity index (χ4v) is 2.76. The molecule has 1 atom stereocenters. The number of carbonyl (C=O) groups is 3. The second-order valence-electron chi connectivity index (χ2n) is 6.43.